The zero-order chi connectivity index (χ0) is 19.1. The summed E-state index contributed by atoms with van der Waals surface area (Å²) in [5.74, 6) is -1.15. The summed E-state index contributed by atoms with van der Waals surface area (Å²) >= 11 is 0. The minimum absolute atomic E-state index is 0.0540. The molecule has 1 heterocycles. The minimum atomic E-state index is -0.576. The van der Waals surface area contributed by atoms with Crippen LogP contribution in [0.3, 0.4) is 0 Å². The Labute approximate surface area is 156 Å². The van der Waals surface area contributed by atoms with E-state index in [1.54, 1.807) is 6.92 Å². The van der Waals surface area contributed by atoms with E-state index in [2.05, 4.69) is 56.6 Å². The zero-order valence-electron chi connectivity index (χ0n) is 16.3. The molecular formula is C19H31N5O2. The second-order valence-electron chi connectivity index (χ2n) is 6.91. The van der Waals surface area contributed by atoms with Gasteiger partial charge >= 0.3 is 11.8 Å². The van der Waals surface area contributed by atoms with Crippen LogP contribution in [0.15, 0.2) is 24.3 Å². The molecule has 7 heteroatoms. The summed E-state index contributed by atoms with van der Waals surface area (Å²) in [7, 11) is 6.15. The first-order valence-electron chi connectivity index (χ1n) is 9.18. The Kier molecular flexibility index (Phi) is 7.41. The molecule has 0 saturated carbocycles. The predicted molar refractivity (Wildman–Crippen MR) is 104 cm³/mol. The first-order chi connectivity index (χ1) is 12.4. The number of carbonyl (C=O) groups excluding carboxylic acids is 2. The van der Waals surface area contributed by atoms with Gasteiger partial charge in [0.15, 0.2) is 0 Å². The molecule has 1 fully saturated rings. The molecule has 1 aliphatic heterocycles. The molecule has 0 aromatic heterocycles. The molecule has 1 saturated heterocycles. The van der Waals surface area contributed by atoms with Crippen LogP contribution in [0.2, 0.25) is 0 Å². The first-order valence-corrected chi connectivity index (χ1v) is 9.18. The molecule has 2 amide bonds. The molecular weight excluding hydrogens is 330 g/mol. The Bertz CT molecular complexity index is 594. The van der Waals surface area contributed by atoms with E-state index < -0.39 is 11.8 Å². The van der Waals surface area contributed by atoms with Gasteiger partial charge in [0.25, 0.3) is 0 Å². The van der Waals surface area contributed by atoms with E-state index in [4.69, 9.17) is 0 Å². The molecule has 1 atom stereocenters. The molecule has 0 aliphatic carbocycles. The predicted octanol–water partition coefficient (Wildman–Crippen LogP) is 0.293. The van der Waals surface area contributed by atoms with Crippen LogP contribution in [0.1, 0.15) is 18.5 Å². The Balaban J connectivity index is 2.11. The number of hydrogen-bond donors (Lipinski definition) is 2. The lowest BCUT2D eigenvalue weighted by Gasteiger charge is -2.38. The van der Waals surface area contributed by atoms with Crippen molar-refractivity contribution in [3.63, 3.8) is 0 Å². The molecule has 26 heavy (non-hydrogen) atoms. The fraction of sp³-hybridized carbons (Fsp3) is 0.579. The maximum atomic E-state index is 12.0. The van der Waals surface area contributed by atoms with E-state index in [0.29, 0.717) is 13.1 Å². The summed E-state index contributed by atoms with van der Waals surface area (Å²) in [4.78, 5) is 30.4. The topological polar surface area (TPSA) is 67.9 Å². The van der Waals surface area contributed by atoms with Crippen LogP contribution in [0, 0.1) is 0 Å². The Morgan fingerprint density at radius 2 is 1.62 bits per heavy atom. The summed E-state index contributed by atoms with van der Waals surface area (Å²) in [6.45, 7) is 6.53. The summed E-state index contributed by atoms with van der Waals surface area (Å²) in [5, 5.41) is 5.33. The summed E-state index contributed by atoms with van der Waals surface area (Å²) in [6.07, 6.45) is 0. The SMILES string of the molecule is CCNC(=O)C(=O)NCC(c1ccc(N(C)C)cc1)N1CCN(C)CC1. The van der Waals surface area contributed by atoms with E-state index in [1.807, 2.05) is 14.1 Å². The molecule has 1 aromatic carbocycles. The van der Waals surface area contributed by atoms with Crippen molar-refractivity contribution in [3.05, 3.63) is 29.8 Å². The lowest BCUT2D eigenvalue weighted by Crippen LogP contribution is -2.49. The first kappa shape index (κ1) is 20.2. The third-order valence-electron chi connectivity index (χ3n) is 4.77. The molecule has 0 bridgehead atoms. The number of rotatable bonds is 6. The number of carbonyl (C=O) groups is 2. The minimum Gasteiger partial charge on any atom is -0.378 e. The third-order valence-corrected chi connectivity index (χ3v) is 4.77. The van der Waals surface area contributed by atoms with Crippen molar-refractivity contribution in [2.75, 3.05) is 65.3 Å². The van der Waals surface area contributed by atoms with Crippen molar-refractivity contribution < 1.29 is 9.59 Å². The monoisotopic (exact) mass is 361 g/mol. The number of benzene rings is 1. The van der Waals surface area contributed by atoms with Crippen molar-refractivity contribution in [1.82, 2.24) is 20.4 Å². The van der Waals surface area contributed by atoms with Gasteiger partial charge in [-0.1, -0.05) is 12.1 Å². The molecule has 1 aromatic rings. The van der Waals surface area contributed by atoms with Crippen LogP contribution < -0.4 is 15.5 Å². The fourth-order valence-corrected chi connectivity index (χ4v) is 3.10. The average molecular weight is 361 g/mol. The highest BCUT2D eigenvalue weighted by atomic mass is 16.2. The quantitative estimate of drug-likeness (QED) is 0.713. The largest absolute Gasteiger partial charge is 0.378 e. The van der Waals surface area contributed by atoms with Crippen LogP contribution in [0.4, 0.5) is 5.69 Å². The van der Waals surface area contributed by atoms with E-state index in [0.717, 1.165) is 37.4 Å². The standard InChI is InChI=1S/C19H31N5O2/c1-5-20-18(25)19(26)21-14-17(24-12-10-23(4)11-13-24)15-6-8-16(9-7-15)22(2)3/h6-9,17H,5,10-14H2,1-4H3,(H,20,25)(H,21,26). The Hall–Kier alpha value is -2.12. The van der Waals surface area contributed by atoms with Gasteiger partial charge in [0, 0.05) is 59.1 Å². The summed E-state index contributed by atoms with van der Waals surface area (Å²) in [6, 6.07) is 8.44. The van der Waals surface area contributed by atoms with E-state index in [1.165, 1.54) is 0 Å². The van der Waals surface area contributed by atoms with Crippen molar-refractivity contribution in [2.24, 2.45) is 0 Å². The van der Waals surface area contributed by atoms with Gasteiger partial charge in [0.2, 0.25) is 0 Å². The summed E-state index contributed by atoms with van der Waals surface area (Å²) in [5.41, 5.74) is 2.29. The van der Waals surface area contributed by atoms with Gasteiger partial charge in [0.1, 0.15) is 0 Å². The van der Waals surface area contributed by atoms with Gasteiger partial charge < -0.3 is 20.4 Å². The molecule has 2 N–H and O–H groups in total. The van der Waals surface area contributed by atoms with Crippen LogP contribution in [-0.2, 0) is 9.59 Å². The second-order valence-corrected chi connectivity index (χ2v) is 6.91. The fourth-order valence-electron chi connectivity index (χ4n) is 3.10. The Morgan fingerprint density at radius 1 is 1.04 bits per heavy atom. The van der Waals surface area contributed by atoms with Gasteiger partial charge in [-0.05, 0) is 31.7 Å². The van der Waals surface area contributed by atoms with Crippen LogP contribution >= 0.6 is 0 Å². The molecule has 1 unspecified atom stereocenters. The van der Waals surface area contributed by atoms with Gasteiger partial charge in [-0.15, -0.1) is 0 Å². The maximum absolute atomic E-state index is 12.0. The molecule has 0 spiro atoms. The highest BCUT2D eigenvalue weighted by molar-refractivity contribution is 6.35. The number of amides is 2. The molecule has 7 nitrogen and oxygen atoms in total. The lowest BCUT2D eigenvalue weighted by molar-refractivity contribution is -0.139. The van der Waals surface area contributed by atoms with Crippen LogP contribution in [0.5, 0.6) is 0 Å². The van der Waals surface area contributed by atoms with Crippen LogP contribution in [0.25, 0.3) is 0 Å². The van der Waals surface area contributed by atoms with Crippen LogP contribution in [-0.4, -0.2) is 82.0 Å². The second kappa shape index (κ2) is 9.54. The number of nitrogens with zero attached hydrogens (tertiary/aromatic N) is 3. The maximum Gasteiger partial charge on any atom is 0.309 e. The summed E-state index contributed by atoms with van der Waals surface area (Å²) < 4.78 is 0. The van der Waals surface area contributed by atoms with E-state index in [-0.39, 0.29) is 6.04 Å². The third kappa shape index (κ3) is 5.44. The molecule has 1 aliphatic rings. The van der Waals surface area contributed by atoms with Crippen molar-refractivity contribution in [2.45, 2.75) is 13.0 Å². The number of nitrogens with one attached hydrogen (secondary N) is 2. The smallest absolute Gasteiger partial charge is 0.309 e. The number of piperazine rings is 1. The van der Waals surface area contributed by atoms with Crippen molar-refractivity contribution in [1.29, 1.82) is 0 Å². The van der Waals surface area contributed by atoms with E-state index >= 15 is 0 Å². The van der Waals surface area contributed by atoms with Gasteiger partial charge in [-0.25, -0.2) is 0 Å². The Morgan fingerprint density at radius 3 is 2.15 bits per heavy atom. The van der Waals surface area contributed by atoms with Gasteiger partial charge in [-0.3, -0.25) is 14.5 Å². The van der Waals surface area contributed by atoms with E-state index in [9.17, 15) is 9.59 Å². The number of hydrogen-bond acceptors (Lipinski definition) is 5. The van der Waals surface area contributed by atoms with Gasteiger partial charge in [0.05, 0.1) is 6.04 Å². The molecule has 144 valence electrons. The average Bonchev–Trinajstić information content (AvgIpc) is 2.63. The normalized spacial score (nSPS) is 16.8. The van der Waals surface area contributed by atoms with Gasteiger partial charge in [-0.2, -0.15) is 0 Å². The zero-order valence-corrected chi connectivity index (χ0v) is 16.3. The number of anilines is 1. The number of likely N-dealkylation sites (N-methyl/N-ethyl adjacent to an activating group) is 2. The lowest BCUT2D eigenvalue weighted by atomic mass is 10.0. The highest BCUT2D eigenvalue weighted by Crippen LogP contribution is 2.24. The van der Waals surface area contributed by atoms with Crippen molar-refractivity contribution >= 4 is 17.5 Å². The molecule has 0 radical (unpaired) electrons. The highest BCUT2D eigenvalue weighted by Gasteiger charge is 2.25. The molecule has 2 rings (SSSR count). The van der Waals surface area contributed by atoms with Crippen molar-refractivity contribution in [3.8, 4) is 0 Å².